The molecule has 0 spiro atoms. The third-order valence-corrected chi connectivity index (χ3v) is 2.90. The standard InChI is InChI=1S/C14H20FN3O2.2ClH/c1-9(2)17-11-4-3-10(15)7-12(11)18-14(19)13-8-16-5-6-20-13;;/h3-4,7,9,13,16-17H,5-6,8H2,1-2H3,(H,18,19);2*1H. The molecule has 1 fully saturated rings. The van der Waals surface area contributed by atoms with Gasteiger partial charge in [0.2, 0.25) is 0 Å². The summed E-state index contributed by atoms with van der Waals surface area (Å²) in [5.74, 6) is -0.660. The summed E-state index contributed by atoms with van der Waals surface area (Å²) in [5, 5.41) is 8.98. The van der Waals surface area contributed by atoms with Gasteiger partial charge in [0.15, 0.2) is 0 Å². The van der Waals surface area contributed by atoms with Gasteiger partial charge in [-0.15, -0.1) is 24.8 Å². The largest absolute Gasteiger partial charge is 0.381 e. The van der Waals surface area contributed by atoms with Gasteiger partial charge in [0.05, 0.1) is 18.0 Å². The quantitative estimate of drug-likeness (QED) is 0.777. The summed E-state index contributed by atoms with van der Waals surface area (Å²) in [7, 11) is 0. The lowest BCUT2D eigenvalue weighted by Crippen LogP contribution is -2.45. The zero-order chi connectivity index (χ0) is 14.5. The number of rotatable bonds is 4. The zero-order valence-electron chi connectivity index (χ0n) is 12.5. The Bertz CT molecular complexity index is 483. The van der Waals surface area contributed by atoms with E-state index in [0.29, 0.717) is 24.5 Å². The maximum atomic E-state index is 13.4. The summed E-state index contributed by atoms with van der Waals surface area (Å²) in [6.45, 7) is 5.66. The van der Waals surface area contributed by atoms with E-state index in [1.807, 2.05) is 13.8 Å². The lowest BCUT2D eigenvalue weighted by atomic mass is 10.2. The molecule has 1 amide bonds. The molecule has 8 heteroatoms. The van der Waals surface area contributed by atoms with Crippen molar-refractivity contribution >= 4 is 42.1 Å². The Hall–Kier alpha value is -1.08. The maximum absolute atomic E-state index is 13.4. The van der Waals surface area contributed by atoms with Crippen molar-refractivity contribution in [1.82, 2.24) is 5.32 Å². The number of hydrogen-bond acceptors (Lipinski definition) is 4. The van der Waals surface area contributed by atoms with E-state index < -0.39 is 11.9 Å². The first-order valence-electron chi connectivity index (χ1n) is 6.75. The molecule has 0 aromatic heterocycles. The van der Waals surface area contributed by atoms with Crippen LogP contribution in [0.3, 0.4) is 0 Å². The Balaban J connectivity index is 0.00000220. The molecule has 0 saturated carbocycles. The summed E-state index contributed by atoms with van der Waals surface area (Å²) < 4.78 is 18.7. The van der Waals surface area contributed by atoms with Crippen LogP contribution in [-0.4, -0.2) is 37.7 Å². The van der Waals surface area contributed by atoms with Crippen LogP contribution in [0, 0.1) is 5.82 Å². The van der Waals surface area contributed by atoms with E-state index in [9.17, 15) is 9.18 Å². The molecule has 126 valence electrons. The van der Waals surface area contributed by atoms with Crippen LogP contribution in [0.25, 0.3) is 0 Å². The van der Waals surface area contributed by atoms with Gasteiger partial charge in [-0.2, -0.15) is 0 Å². The molecule has 1 aromatic rings. The van der Waals surface area contributed by atoms with Crippen LogP contribution in [0.5, 0.6) is 0 Å². The normalized spacial score (nSPS) is 17.2. The second-order valence-electron chi connectivity index (χ2n) is 5.04. The predicted octanol–water partition coefficient (Wildman–Crippen LogP) is 2.42. The van der Waals surface area contributed by atoms with Gasteiger partial charge < -0.3 is 20.7 Å². The highest BCUT2D eigenvalue weighted by atomic mass is 35.5. The number of amides is 1. The minimum atomic E-state index is -0.543. The summed E-state index contributed by atoms with van der Waals surface area (Å²) in [5.41, 5.74) is 1.12. The number of anilines is 2. The molecule has 1 atom stereocenters. The van der Waals surface area contributed by atoms with Crippen LogP contribution >= 0.6 is 24.8 Å². The number of halogens is 3. The topological polar surface area (TPSA) is 62.4 Å². The van der Waals surface area contributed by atoms with E-state index in [2.05, 4.69) is 16.0 Å². The molecule has 5 nitrogen and oxygen atoms in total. The Morgan fingerprint density at radius 2 is 2.09 bits per heavy atom. The van der Waals surface area contributed by atoms with Crippen LogP contribution < -0.4 is 16.0 Å². The van der Waals surface area contributed by atoms with Crippen molar-refractivity contribution in [3.05, 3.63) is 24.0 Å². The maximum Gasteiger partial charge on any atom is 0.254 e. The molecule has 1 aliphatic heterocycles. The molecule has 0 bridgehead atoms. The smallest absolute Gasteiger partial charge is 0.254 e. The molecule has 0 aliphatic carbocycles. The van der Waals surface area contributed by atoms with Crippen molar-refractivity contribution in [3.63, 3.8) is 0 Å². The lowest BCUT2D eigenvalue weighted by molar-refractivity contribution is -0.128. The van der Waals surface area contributed by atoms with Crippen LogP contribution in [-0.2, 0) is 9.53 Å². The summed E-state index contributed by atoms with van der Waals surface area (Å²) in [6.07, 6.45) is -0.543. The number of carbonyl (C=O) groups excluding carboxylic acids is 1. The molecule has 1 heterocycles. The van der Waals surface area contributed by atoms with Crippen LogP contribution in [0.1, 0.15) is 13.8 Å². The van der Waals surface area contributed by atoms with E-state index in [-0.39, 0.29) is 36.8 Å². The predicted molar refractivity (Wildman–Crippen MR) is 90.9 cm³/mol. The van der Waals surface area contributed by atoms with Gasteiger partial charge in [0.1, 0.15) is 11.9 Å². The van der Waals surface area contributed by atoms with Crippen LogP contribution in [0.15, 0.2) is 18.2 Å². The minimum Gasteiger partial charge on any atom is -0.381 e. The number of nitrogens with one attached hydrogen (secondary N) is 3. The van der Waals surface area contributed by atoms with E-state index in [1.165, 1.54) is 12.1 Å². The van der Waals surface area contributed by atoms with E-state index in [0.717, 1.165) is 6.54 Å². The summed E-state index contributed by atoms with van der Waals surface area (Å²) in [6, 6.07) is 4.46. The van der Waals surface area contributed by atoms with Crippen molar-refractivity contribution in [1.29, 1.82) is 0 Å². The fourth-order valence-electron chi connectivity index (χ4n) is 2.00. The molecule has 1 aliphatic rings. The second kappa shape index (κ2) is 9.84. The summed E-state index contributed by atoms with van der Waals surface area (Å²) in [4.78, 5) is 12.1. The first-order chi connectivity index (χ1) is 9.56. The number of ether oxygens (including phenoxy) is 1. The van der Waals surface area contributed by atoms with E-state index in [4.69, 9.17) is 4.74 Å². The van der Waals surface area contributed by atoms with Gasteiger partial charge in [-0.25, -0.2) is 4.39 Å². The fraction of sp³-hybridized carbons (Fsp3) is 0.500. The number of carbonyl (C=O) groups is 1. The SMILES string of the molecule is CC(C)Nc1ccc(F)cc1NC(=O)C1CNCCO1.Cl.Cl. The second-order valence-corrected chi connectivity index (χ2v) is 5.04. The molecule has 0 radical (unpaired) electrons. The van der Waals surface area contributed by atoms with Gasteiger partial charge in [0, 0.05) is 19.1 Å². The summed E-state index contributed by atoms with van der Waals surface area (Å²) >= 11 is 0. The molecule has 1 saturated heterocycles. The average Bonchev–Trinajstić information content (AvgIpc) is 2.42. The van der Waals surface area contributed by atoms with Gasteiger partial charge in [0.25, 0.3) is 5.91 Å². The molecule has 22 heavy (non-hydrogen) atoms. The minimum absolute atomic E-state index is 0. The highest BCUT2D eigenvalue weighted by molar-refractivity contribution is 5.97. The highest BCUT2D eigenvalue weighted by Crippen LogP contribution is 2.24. The van der Waals surface area contributed by atoms with E-state index >= 15 is 0 Å². The zero-order valence-corrected chi connectivity index (χ0v) is 14.2. The first kappa shape index (κ1) is 20.9. The van der Waals surface area contributed by atoms with Crippen LogP contribution in [0.4, 0.5) is 15.8 Å². The first-order valence-corrected chi connectivity index (χ1v) is 6.75. The van der Waals surface area contributed by atoms with Crippen molar-refractivity contribution in [2.45, 2.75) is 26.0 Å². The fourth-order valence-corrected chi connectivity index (χ4v) is 2.00. The number of hydrogen-bond donors (Lipinski definition) is 3. The van der Waals surface area contributed by atoms with E-state index in [1.54, 1.807) is 6.07 Å². The third kappa shape index (κ3) is 5.96. The van der Waals surface area contributed by atoms with Crippen molar-refractivity contribution in [2.24, 2.45) is 0 Å². The van der Waals surface area contributed by atoms with Gasteiger partial charge >= 0.3 is 0 Å². The van der Waals surface area contributed by atoms with Crippen molar-refractivity contribution < 1.29 is 13.9 Å². The number of benzene rings is 1. The van der Waals surface area contributed by atoms with Crippen LogP contribution in [0.2, 0.25) is 0 Å². The van der Waals surface area contributed by atoms with Crippen molar-refractivity contribution in [3.8, 4) is 0 Å². The van der Waals surface area contributed by atoms with Gasteiger partial charge in [-0.3, -0.25) is 4.79 Å². The molecular formula is C14H22Cl2FN3O2. The Kier molecular flexibility index (Phi) is 9.36. The molecular weight excluding hydrogens is 332 g/mol. The average molecular weight is 354 g/mol. The third-order valence-electron chi connectivity index (χ3n) is 2.90. The Morgan fingerprint density at radius 1 is 1.36 bits per heavy atom. The Morgan fingerprint density at radius 3 is 2.68 bits per heavy atom. The monoisotopic (exact) mass is 353 g/mol. The molecule has 3 N–H and O–H groups in total. The van der Waals surface area contributed by atoms with Crippen molar-refractivity contribution in [2.75, 3.05) is 30.3 Å². The highest BCUT2D eigenvalue weighted by Gasteiger charge is 2.22. The molecule has 1 unspecified atom stereocenters. The molecule has 2 rings (SSSR count). The number of morpholine rings is 1. The van der Waals surface area contributed by atoms with Gasteiger partial charge in [-0.05, 0) is 32.0 Å². The van der Waals surface area contributed by atoms with Gasteiger partial charge in [-0.1, -0.05) is 0 Å². The lowest BCUT2D eigenvalue weighted by Gasteiger charge is -2.23. The Labute approximate surface area is 142 Å². The molecule has 1 aromatic carbocycles.